The van der Waals surface area contributed by atoms with Crippen molar-refractivity contribution < 1.29 is 63.0 Å². The molecule has 29 heteroatoms. The molecule has 0 aliphatic carbocycles. The zero-order valence-corrected chi connectivity index (χ0v) is 41.9. The number of aromatic hydroxyl groups is 1. The van der Waals surface area contributed by atoms with E-state index in [1.165, 1.54) is 68.0 Å². The second-order valence-corrected chi connectivity index (χ2v) is 18.5. The molecule has 3 aromatic rings. The molecule has 404 valence electrons. The van der Waals surface area contributed by atoms with Crippen LogP contribution in [0.1, 0.15) is 63.4 Å². The van der Waals surface area contributed by atoms with E-state index >= 15 is 0 Å². The number of amides is 10. The number of rotatable bonds is 32. The van der Waals surface area contributed by atoms with Crippen LogP contribution in [0.25, 0.3) is 0 Å². The molecule has 0 bridgehead atoms. The Hall–Kier alpha value is -8.08. The number of carbonyl (C=O) groups excluding carboxylic acids is 10. The maximum atomic E-state index is 13.9. The molecule has 10 amide bonds. The lowest BCUT2D eigenvalue weighted by Crippen LogP contribution is -2.60. The molecule has 0 unspecified atom stereocenters. The van der Waals surface area contributed by atoms with Gasteiger partial charge in [0.15, 0.2) is 0 Å². The zero-order chi connectivity index (χ0) is 55.1. The number of aromatic nitrogens is 4. The number of nitrogens with zero attached hydrogens (tertiary/aromatic N) is 2. The van der Waals surface area contributed by atoms with Crippen molar-refractivity contribution in [3.05, 3.63) is 66.3 Å². The Morgan fingerprint density at radius 1 is 0.608 bits per heavy atom. The molecule has 0 spiro atoms. The van der Waals surface area contributed by atoms with Crippen LogP contribution in [0, 0.1) is 5.92 Å². The minimum Gasteiger partial charge on any atom is -0.508 e. The van der Waals surface area contributed by atoms with Gasteiger partial charge in [-0.3, -0.25) is 47.9 Å². The summed E-state index contributed by atoms with van der Waals surface area (Å²) < 4.78 is 0. The van der Waals surface area contributed by atoms with E-state index in [9.17, 15) is 63.0 Å². The number of carbonyl (C=O) groups is 11. The summed E-state index contributed by atoms with van der Waals surface area (Å²) in [6, 6.07) is -5.57. The number of phenols is 1. The second-order valence-electron chi connectivity index (χ2n) is 17.5. The van der Waals surface area contributed by atoms with Crippen LogP contribution in [0.15, 0.2) is 49.3 Å². The van der Waals surface area contributed by atoms with Gasteiger partial charge in [-0.25, -0.2) is 14.8 Å². The number of aromatic amines is 2. The summed E-state index contributed by atoms with van der Waals surface area (Å²) in [7, 11) is 0. The van der Waals surface area contributed by atoms with Crippen molar-refractivity contribution >= 4 is 76.8 Å². The first-order valence-corrected chi connectivity index (χ1v) is 24.5. The highest BCUT2D eigenvalue weighted by atomic mass is 32.2. The van der Waals surface area contributed by atoms with Crippen LogP contribution in [0.3, 0.4) is 0 Å². The van der Waals surface area contributed by atoms with E-state index in [4.69, 9.17) is 17.2 Å². The third-order valence-electron chi connectivity index (χ3n) is 10.8. The molecule has 3 rings (SSSR count). The molecule has 1 aromatic carbocycles. The summed E-state index contributed by atoms with van der Waals surface area (Å²) in [5.41, 5.74) is 18.3. The first-order valence-electron chi connectivity index (χ1n) is 23.1. The highest BCUT2D eigenvalue weighted by Crippen LogP contribution is 2.13. The van der Waals surface area contributed by atoms with Gasteiger partial charge in [0.25, 0.3) is 0 Å². The van der Waals surface area contributed by atoms with Crippen LogP contribution in [0.2, 0.25) is 0 Å². The van der Waals surface area contributed by atoms with E-state index in [0.29, 0.717) is 22.7 Å². The van der Waals surface area contributed by atoms with Crippen LogP contribution >= 0.6 is 11.8 Å². The summed E-state index contributed by atoms with van der Waals surface area (Å²) in [5.74, 6) is -10.7. The molecule has 0 radical (unpaired) electrons. The highest BCUT2D eigenvalue weighted by molar-refractivity contribution is 7.98. The lowest BCUT2D eigenvalue weighted by atomic mass is 10.0. The normalized spacial score (nSPS) is 14.2. The molecule has 0 aliphatic heterocycles. The average molecular weight is 1060 g/mol. The van der Waals surface area contributed by atoms with E-state index in [-0.39, 0.29) is 43.8 Å². The van der Waals surface area contributed by atoms with Gasteiger partial charge in [0.1, 0.15) is 48.0 Å². The van der Waals surface area contributed by atoms with Crippen molar-refractivity contribution in [1.82, 2.24) is 62.5 Å². The van der Waals surface area contributed by atoms with Gasteiger partial charge < -0.3 is 79.9 Å². The van der Waals surface area contributed by atoms with Crippen LogP contribution < -0.4 is 59.7 Å². The van der Waals surface area contributed by atoms with Crippen molar-refractivity contribution in [3.8, 4) is 5.75 Å². The van der Waals surface area contributed by atoms with Gasteiger partial charge in [0.2, 0.25) is 59.1 Å². The number of nitrogens with two attached hydrogens (primary N) is 3. The fourth-order valence-electron chi connectivity index (χ4n) is 6.96. The molecule has 0 saturated heterocycles. The Morgan fingerprint density at radius 3 is 1.64 bits per heavy atom. The molecule has 8 atom stereocenters. The SMILES string of the molecule is CSCC[C@H](NC(=O)[C@H](CC(N)=O)NC(=O)[C@H](Cc1ccc(O)cc1)NC(=O)[C@@H](N)Cc1cnc[nH]1)C(=O)N[C@@H](C)C(=O)N[C@@H](CC(C)C)C(=O)NCC(=O)N[C@@H](CC(N)=O)C(=O)N[C@@H](Cc1cnc[nH]1)C(=O)O. The number of phenolic OH excluding ortho intramolecular Hbond substituents is 1. The Kier molecular flexibility index (Phi) is 24.5. The van der Waals surface area contributed by atoms with Crippen LogP contribution in [0.5, 0.6) is 5.75 Å². The number of carboxylic acid groups (broad SMARTS) is 1. The number of H-pyrrole nitrogens is 2. The minimum absolute atomic E-state index is 0.00814. The molecule has 2 heterocycles. The molecule has 2 aromatic heterocycles. The quantitative estimate of drug-likeness (QED) is 0.0280. The Bertz CT molecular complexity index is 2410. The van der Waals surface area contributed by atoms with Gasteiger partial charge in [-0.1, -0.05) is 26.0 Å². The van der Waals surface area contributed by atoms with Crippen molar-refractivity contribution in [2.24, 2.45) is 23.1 Å². The Balaban J connectivity index is 1.69. The van der Waals surface area contributed by atoms with E-state index in [0.717, 1.165) is 0 Å². The summed E-state index contributed by atoms with van der Waals surface area (Å²) >= 11 is 1.31. The molecule has 18 N–H and O–H groups in total. The van der Waals surface area contributed by atoms with E-state index in [1.54, 1.807) is 20.1 Å². The molecule has 0 saturated carbocycles. The minimum atomic E-state index is -1.67. The van der Waals surface area contributed by atoms with Gasteiger partial charge in [-0.05, 0) is 55.4 Å². The number of hydrogen-bond acceptors (Lipinski definition) is 16. The fraction of sp³-hybridized carbons (Fsp3) is 0.489. The fourth-order valence-corrected chi connectivity index (χ4v) is 7.43. The number of nitrogens with one attached hydrogen (secondary N) is 10. The van der Waals surface area contributed by atoms with E-state index < -0.39 is 133 Å². The van der Waals surface area contributed by atoms with Crippen molar-refractivity contribution in [3.63, 3.8) is 0 Å². The smallest absolute Gasteiger partial charge is 0.326 e. The zero-order valence-electron chi connectivity index (χ0n) is 41.1. The molecular weight excluding hydrogens is 991 g/mol. The van der Waals surface area contributed by atoms with Crippen molar-refractivity contribution in [1.29, 1.82) is 0 Å². The number of hydrogen-bond donors (Lipinski definition) is 15. The highest BCUT2D eigenvalue weighted by Gasteiger charge is 2.34. The number of benzene rings is 1. The topological polar surface area (TPSA) is 460 Å². The van der Waals surface area contributed by atoms with Crippen molar-refractivity contribution in [2.75, 3.05) is 18.6 Å². The number of thioether (sulfide) groups is 1. The third-order valence-corrected chi connectivity index (χ3v) is 11.4. The van der Waals surface area contributed by atoms with Gasteiger partial charge >= 0.3 is 5.97 Å². The second kappa shape index (κ2) is 30.1. The molecule has 0 aliphatic rings. The maximum absolute atomic E-state index is 13.9. The van der Waals surface area contributed by atoms with E-state index in [1.807, 2.05) is 0 Å². The third kappa shape index (κ3) is 21.3. The Morgan fingerprint density at radius 2 is 1.11 bits per heavy atom. The predicted octanol–water partition coefficient (Wildman–Crippen LogP) is -4.64. The number of imidazole rings is 2. The summed E-state index contributed by atoms with van der Waals surface area (Å²) in [6.07, 6.45) is 5.48. The van der Waals surface area contributed by atoms with Gasteiger partial charge in [0, 0.05) is 43.0 Å². The van der Waals surface area contributed by atoms with Crippen LogP contribution in [-0.4, -0.2) is 162 Å². The molecule has 74 heavy (non-hydrogen) atoms. The average Bonchev–Trinajstić information content (AvgIpc) is 4.06. The van der Waals surface area contributed by atoms with Gasteiger partial charge in [0.05, 0.1) is 38.1 Å². The van der Waals surface area contributed by atoms with E-state index in [2.05, 4.69) is 62.5 Å². The first kappa shape index (κ1) is 60.2. The standard InChI is InChI=1S/C45H65N15O13S/c1-22(2)11-30(40(67)51-19-37(64)55-32(15-35(47)62)43(70)60-34(45(72)73)14-26-18-50-21-53-26)57-38(65)23(3)54-41(68)29(9-10-74-4)56-44(71)33(16-36(48)63)59-42(69)31(12-24-5-7-27(61)8-6-24)58-39(66)28(46)13-25-17-49-20-52-25/h5-8,17-18,20-23,28-34,61H,9-16,19,46H2,1-4H3,(H2,47,62)(H2,48,63)(H,49,52)(H,50,53)(H,51,67)(H,54,68)(H,55,64)(H,56,71)(H,57,65)(H,58,66)(H,59,69)(H,60,70)(H,72,73)/t23-,28-,29-,30-,31-,32-,33-,34-/m0/s1. The lowest BCUT2D eigenvalue weighted by molar-refractivity contribution is -0.142. The van der Waals surface area contributed by atoms with Gasteiger partial charge in [-0.2, -0.15) is 11.8 Å². The lowest BCUT2D eigenvalue weighted by Gasteiger charge is -2.26. The van der Waals surface area contributed by atoms with Crippen LogP contribution in [0.4, 0.5) is 0 Å². The summed E-state index contributed by atoms with van der Waals surface area (Å²) in [4.78, 5) is 157. The monoisotopic (exact) mass is 1060 g/mol. The predicted molar refractivity (Wildman–Crippen MR) is 264 cm³/mol. The number of carboxylic acids is 1. The summed E-state index contributed by atoms with van der Waals surface area (Å²) in [5, 5.41) is 38.8. The maximum Gasteiger partial charge on any atom is 0.326 e. The number of aliphatic carboxylic acids is 1. The number of primary amides is 2. The molecule has 0 fully saturated rings. The van der Waals surface area contributed by atoms with Gasteiger partial charge in [-0.15, -0.1) is 0 Å². The van der Waals surface area contributed by atoms with Crippen molar-refractivity contribution in [2.45, 2.75) is 114 Å². The Labute approximate surface area is 428 Å². The first-order chi connectivity index (χ1) is 34.9. The molecule has 28 nitrogen and oxygen atoms in total. The van der Waals surface area contributed by atoms with Crippen LogP contribution in [-0.2, 0) is 72.0 Å². The molecular formula is C45H65N15O13S. The summed E-state index contributed by atoms with van der Waals surface area (Å²) in [6.45, 7) is 4.02. The largest absolute Gasteiger partial charge is 0.508 e.